The van der Waals surface area contributed by atoms with Gasteiger partial charge in [-0.1, -0.05) is 11.6 Å². The van der Waals surface area contributed by atoms with Gasteiger partial charge in [0.25, 0.3) is 5.88 Å². The molecule has 1 aliphatic rings. The van der Waals surface area contributed by atoms with Crippen molar-refractivity contribution in [2.45, 2.75) is 26.5 Å². The fraction of sp³-hybridized carbons (Fsp3) is 0.278. The molecule has 5 heterocycles. The summed E-state index contributed by atoms with van der Waals surface area (Å²) >= 11 is 6.18. The normalized spacial score (nSPS) is 13.6. The summed E-state index contributed by atoms with van der Waals surface area (Å²) in [4.78, 5) is 12.7. The van der Waals surface area contributed by atoms with Crippen LogP contribution in [0, 0.1) is 6.92 Å². The topological polar surface area (TPSA) is 105 Å². The average Bonchev–Trinajstić information content (AvgIpc) is 3.21. The Morgan fingerprint density at radius 2 is 2.16 bits per heavy atom. The van der Waals surface area contributed by atoms with Gasteiger partial charge in [-0.2, -0.15) is 18.9 Å². The number of alkyl halides is 2. The maximum Gasteiger partial charge on any atom is 0.388 e. The Bertz CT molecular complexity index is 1280. The zero-order valence-corrected chi connectivity index (χ0v) is 16.8. The minimum Gasteiger partial charge on any atom is -0.475 e. The van der Waals surface area contributed by atoms with Crippen LogP contribution >= 0.6 is 11.6 Å². The molecule has 2 bridgehead atoms. The molecule has 0 unspecified atom stereocenters. The van der Waals surface area contributed by atoms with E-state index in [9.17, 15) is 8.78 Å². The molecule has 0 amide bonds. The summed E-state index contributed by atoms with van der Waals surface area (Å²) in [5.41, 5.74) is 1.89. The van der Waals surface area contributed by atoms with Crippen molar-refractivity contribution < 1.29 is 18.3 Å². The quantitative estimate of drug-likeness (QED) is 0.507. The fourth-order valence-electron chi connectivity index (χ4n) is 3.31. The van der Waals surface area contributed by atoms with Crippen LogP contribution in [-0.2, 0) is 6.54 Å². The van der Waals surface area contributed by atoms with Crippen molar-refractivity contribution in [3.8, 4) is 17.4 Å². The Labute approximate surface area is 178 Å². The lowest BCUT2D eigenvalue weighted by molar-refractivity contribution is -0.0529. The highest BCUT2D eigenvalue weighted by Gasteiger charge is 2.23. The van der Waals surface area contributed by atoms with Crippen molar-refractivity contribution in [3.63, 3.8) is 0 Å². The Hall–Kier alpha value is -3.54. The number of pyridine rings is 1. The van der Waals surface area contributed by atoms with Crippen LogP contribution < -0.4 is 14.8 Å². The molecule has 13 heteroatoms. The van der Waals surface area contributed by atoms with Crippen LogP contribution in [-0.4, -0.2) is 47.7 Å². The van der Waals surface area contributed by atoms with E-state index in [0.717, 1.165) is 0 Å². The summed E-state index contributed by atoms with van der Waals surface area (Å²) in [5.74, 6) is 0.305. The molecule has 1 N–H and O–H groups in total. The van der Waals surface area contributed by atoms with E-state index < -0.39 is 6.61 Å². The van der Waals surface area contributed by atoms with Gasteiger partial charge in [-0.15, -0.1) is 5.10 Å². The molecule has 160 valence electrons. The van der Waals surface area contributed by atoms with Gasteiger partial charge in [0.05, 0.1) is 17.7 Å². The van der Waals surface area contributed by atoms with E-state index in [1.165, 1.54) is 10.9 Å². The van der Waals surface area contributed by atoms with Crippen LogP contribution in [0.1, 0.15) is 12.1 Å². The zero-order valence-electron chi connectivity index (χ0n) is 16.1. The molecule has 4 aromatic rings. The van der Waals surface area contributed by atoms with E-state index in [2.05, 4.69) is 35.2 Å². The summed E-state index contributed by atoms with van der Waals surface area (Å²) in [6, 6.07) is 3.17. The third kappa shape index (κ3) is 3.48. The molecule has 31 heavy (non-hydrogen) atoms. The highest BCUT2D eigenvalue weighted by molar-refractivity contribution is 6.34. The zero-order chi connectivity index (χ0) is 21.5. The van der Waals surface area contributed by atoms with Gasteiger partial charge in [0.2, 0.25) is 11.8 Å². The Morgan fingerprint density at radius 3 is 3.00 bits per heavy atom. The van der Waals surface area contributed by atoms with Gasteiger partial charge in [0.15, 0.2) is 10.8 Å². The maximum absolute atomic E-state index is 12.8. The number of nitrogens with one attached hydrogen (secondary N) is 1. The van der Waals surface area contributed by atoms with Crippen LogP contribution in [0.25, 0.3) is 16.7 Å². The first-order valence-corrected chi connectivity index (χ1v) is 9.68. The van der Waals surface area contributed by atoms with Gasteiger partial charge in [-0.3, -0.25) is 0 Å². The summed E-state index contributed by atoms with van der Waals surface area (Å²) in [6.45, 7) is -0.404. The van der Waals surface area contributed by atoms with E-state index in [1.54, 1.807) is 29.9 Å². The molecule has 1 aliphatic heterocycles. The van der Waals surface area contributed by atoms with E-state index in [1.807, 2.05) is 0 Å². The molecule has 10 nitrogen and oxygen atoms in total. The smallest absolute Gasteiger partial charge is 0.388 e. The van der Waals surface area contributed by atoms with Crippen molar-refractivity contribution in [3.05, 3.63) is 35.4 Å². The highest BCUT2D eigenvalue weighted by atomic mass is 35.5. The second kappa shape index (κ2) is 7.61. The standard InChI is InChI=1S/C18H15ClF2N8O2/c1-9-12-16(27-29(9)11-4-2-5-22-15(11)31-17(20)21)30-7-3-6-28-14-10(13(19)26-28)8-23-18(24-12)25-14/h2,4-5,8,17H,3,6-7H2,1H3,(H,23,24,25). The van der Waals surface area contributed by atoms with Crippen molar-refractivity contribution in [1.82, 2.24) is 34.5 Å². The first-order chi connectivity index (χ1) is 15.0. The molecule has 5 rings (SSSR count). The van der Waals surface area contributed by atoms with E-state index in [4.69, 9.17) is 16.3 Å². The lowest BCUT2D eigenvalue weighted by atomic mass is 10.3. The third-order valence-electron chi connectivity index (χ3n) is 4.70. The molecule has 0 spiro atoms. The number of fused-ring (bicyclic) bond motifs is 2. The molecule has 0 atom stereocenters. The molecular formula is C18H15ClF2N8O2. The van der Waals surface area contributed by atoms with Crippen LogP contribution in [0.5, 0.6) is 11.8 Å². The third-order valence-corrected chi connectivity index (χ3v) is 4.98. The molecule has 0 fully saturated rings. The molecule has 0 aliphatic carbocycles. The average molecular weight is 449 g/mol. The van der Waals surface area contributed by atoms with Gasteiger partial charge in [0.1, 0.15) is 11.4 Å². The van der Waals surface area contributed by atoms with Crippen LogP contribution in [0.4, 0.5) is 20.4 Å². The van der Waals surface area contributed by atoms with Gasteiger partial charge in [0, 0.05) is 25.4 Å². The molecule has 0 saturated carbocycles. The molecule has 4 aromatic heterocycles. The lowest BCUT2D eigenvalue weighted by Gasteiger charge is -2.10. The summed E-state index contributed by atoms with van der Waals surface area (Å²) in [7, 11) is 0. The van der Waals surface area contributed by atoms with E-state index in [0.29, 0.717) is 47.1 Å². The number of aryl methyl sites for hydroxylation is 1. The molecule has 0 radical (unpaired) electrons. The van der Waals surface area contributed by atoms with Gasteiger partial charge < -0.3 is 14.8 Å². The summed E-state index contributed by atoms with van der Waals surface area (Å²) in [5, 5.41) is 12.8. The van der Waals surface area contributed by atoms with Crippen LogP contribution in [0.2, 0.25) is 5.15 Å². The molecular weight excluding hydrogens is 434 g/mol. The number of nitrogens with zero attached hydrogens (tertiary/aromatic N) is 7. The van der Waals surface area contributed by atoms with Gasteiger partial charge in [-0.25, -0.2) is 19.3 Å². The van der Waals surface area contributed by atoms with Crippen LogP contribution in [0.15, 0.2) is 24.5 Å². The van der Waals surface area contributed by atoms with Gasteiger partial charge in [-0.05, 0) is 19.1 Å². The van der Waals surface area contributed by atoms with Gasteiger partial charge >= 0.3 is 6.61 Å². The summed E-state index contributed by atoms with van der Waals surface area (Å²) in [6.07, 6.45) is 3.56. The lowest BCUT2D eigenvalue weighted by Crippen LogP contribution is -2.09. The fourth-order valence-corrected chi connectivity index (χ4v) is 3.53. The molecule has 0 aromatic carbocycles. The number of hydrogen-bond donors (Lipinski definition) is 1. The van der Waals surface area contributed by atoms with E-state index in [-0.39, 0.29) is 23.4 Å². The van der Waals surface area contributed by atoms with Crippen molar-refractivity contribution in [2.24, 2.45) is 0 Å². The number of anilines is 2. The summed E-state index contributed by atoms with van der Waals surface area (Å²) < 4.78 is 39.2. The van der Waals surface area contributed by atoms with Crippen LogP contribution in [0.3, 0.4) is 0 Å². The number of hydrogen-bond acceptors (Lipinski definition) is 8. The SMILES string of the molecule is Cc1c2c(nn1-c1cccnc1OC(F)F)OCCCn1nc(Cl)c3cnc(nc31)N2. The van der Waals surface area contributed by atoms with E-state index >= 15 is 0 Å². The first-order valence-electron chi connectivity index (χ1n) is 9.30. The Kier molecular flexibility index (Phi) is 4.77. The predicted octanol–water partition coefficient (Wildman–Crippen LogP) is 3.50. The highest BCUT2D eigenvalue weighted by Crippen LogP contribution is 2.34. The number of aromatic nitrogens is 7. The minimum absolute atomic E-state index is 0.242. The largest absolute Gasteiger partial charge is 0.475 e. The number of halogens is 3. The van der Waals surface area contributed by atoms with Crippen molar-refractivity contribution in [2.75, 3.05) is 11.9 Å². The first kappa shape index (κ1) is 19.4. The second-order valence-electron chi connectivity index (χ2n) is 6.66. The van der Waals surface area contributed by atoms with Crippen molar-refractivity contribution >= 4 is 34.3 Å². The molecule has 0 saturated heterocycles. The second-order valence-corrected chi connectivity index (χ2v) is 7.01. The van der Waals surface area contributed by atoms with Crippen molar-refractivity contribution in [1.29, 1.82) is 0 Å². The Morgan fingerprint density at radius 1 is 1.29 bits per heavy atom. The predicted molar refractivity (Wildman–Crippen MR) is 106 cm³/mol. The monoisotopic (exact) mass is 448 g/mol. The number of ether oxygens (including phenoxy) is 2. The minimum atomic E-state index is -3.02. The maximum atomic E-state index is 12.8. The Balaban J connectivity index is 1.61. The number of rotatable bonds is 3.